The third-order valence-electron chi connectivity index (χ3n) is 5.04. The van der Waals surface area contributed by atoms with Crippen LogP contribution in [-0.4, -0.2) is 48.9 Å². The quantitative estimate of drug-likeness (QED) is 0.783. The van der Waals surface area contributed by atoms with Gasteiger partial charge in [-0.15, -0.1) is 10.2 Å². The third kappa shape index (κ3) is 3.37. The predicted octanol–water partition coefficient (Wildman–Crippen LogP) is 2.39. The van der Waals surface area contributed by atoms with Gasteiger partial charge < -0.3 is 4.90 Å². The normalized spacial score (nSPS) is 17.4. The molecule has 0 spiro atoms. The Bertz CT molecular complexity index is 885. The molecule has 1 atom stereocenters. The van der Waals surface area contributed by atoms with E-state index in [0.717, 1.165) is 38.0 Å². The Kier molecular flexibility index (Phi) is 4.51. The molecule has 0 unspecified atom stereocenters. The molecule has 3 aromatic rings. The number of likely N-dealkylation sites (tertiary alicyclic amines) is 1. The highest BCUT2D eigenvalue weighted by Gasteiger charge is 2.25. The molecule has 1 fully saturated rings. The van der Waals surface area contributed by atoms with Crippen molar-refractivity contribution in [1.82, 2.24) is 29.9 Å². The summed E-state index contributed by atoms with van der Waals surface area (Å²) in [5.41, 5.74) is 3.96. The lowest BCUT2D eigenvalue weighted by atomic mass is 9.92. The number of aromatic amines is 1. The van der Waals surface area contributed by atoms with Crippen molar-refractivity contribution >= 4 is 5.91 Å². The lowest BCUT2D eigenvalue weighted by molar-refractivity contribution is 0.0672. The van der Waals surface area contributed by atoms with E-state index in [1.54, 1.807) is 17.2 Å². The molecule has 1 aliphatic heterocycles. The van der Waals surface area contributed by atoms with E-state index in [1.807, 2.05) is 35.4 Å². The summed E-state index contributed by atoms with van der Waals surface area (Å²) in [4.78, 5) is 15.0. The smallest absolute Gasteiger partial charge is 0.253 e. The zero-order valence-corrected chi connectivity index (χ0v) is 14.8. The molecule has 1 saturated heterocycles. The molecule has 1 aliphatic rings. The fourth-order valence-corrected chi connectivity index (χ4v) is 3.60. The van der Waals surface area contributed by atoms with E-state index in [2.05, 4.69) is 27.3 Å². The van der Waals surface area contributed by atoms with E-state index in [-0.39, 0.29) is 5.91 Å². The summed E-state index contributed by atoms with van der Waals surface area (Å²) in [7, 11) is 0. The van der Waals surface area contributed by atoms with Crippen LogP contribution in [0.25, 0.3) is 5.69 Å². The second-order valence-electron chi connectivity index (χ2n) is 6.91. The molecule has 0 bridgehead atoms. The highest BCUT2D eigenvalue weighted by atomic mass is 16.2. The van der Waals surface area contributed by atoms with Crippen LogP contribution in [0.5, 0.6) is 0 Å². The average molecular weight is 350 g/mol. The van der Waals surface area contributed by atoms with E-state index in [4.69, 9.17) is 0 Å². The van der Waals surface area contributed by atoms with Gasteiger partial charge in [0.15, 0.2) is 0 Å². The number of amides is 1. The number of rotatable bonds is 4. The Morgan fingerprint density at radius 3 is 2.92 bits per heavy atom. The number of carbonyl (C=O) groups excluding carboxylic acids is 1. The number of nitrogens with zero attached hydrogens (tertiary/aromatic N) is 5. The number of aromatic nitrogens is 5. The summed E-state index contributed by atoms with van der Waals surface area (Å²) >= 11 is 0. The maximum atomic E-state index is 13.0. The summed E-state index contributed by atoms with van der Waals surface area (Å²) in [6.45, 7) is 3.67. The van der Waals surface area contributed by atoms with Crippen LogP contribution in [0, 0.1) is 12.8 Å². The number of H-pyrrole nitrogens is 1. The van der Waals surface area contributed by atoms with E-state index < -0.39 is 0 Å². The van der Waals surface area contributed by atoms with Gasteiger partial charge in [-0.3, -0.25) is 14.5 Å². The number of nitrogens with one attached hydrogen (secondary N) is 1. The molecule has 0 saturated carbocycles. The standard InChI is InChI=1S/C19H22N6O/c1-14-10-20-23-18(14)8-15-4-3-7-24(11-15)19(26)16-5-2-6-17(9-16)25-12-21-22-13-25/h2,5-6,9-10,12-13,15H,3-4,7-8,11H2,1H3,(H,20,23)/t15-/m1/s1. The van der Waals surface area contributed by atoms with Crippen LogP contribution in [0.4, 0.5) is 0 Å². The van der Waals surface area contributed by atoms with Crippen LogP contribution < -0.4 is 0 Å². The van der Waals surface area contributed by atoms with E-state index >= 15 is 0 Å². The minimum atomic E-state index is 0.0888. The first-order chi connectivity index (χ1) is 12.7. The van der Waals surface area contributed by atoms with Gasteiger partial charge in [-0.2, -0.15) is 5.10 Å². The molecule has 4 rings (SSSR count). The van der Waals surface area contributed by atoms with Gasteiger partial charge in [0.25, 0.3) is 5.91 Å². The Labute approximate surface area is 152 Å². The number of piperidine rings is 1. The number of benzene rings is 1. The van der Waals surface area contributed by atoms with Crippen LogP contribution >= 0.6 is 0 Å². The zero-order valence-electron chi connectivity index (χ0n) is 14.8. The lowest BCUT2D eigenvalue weighted by Crippen LogP contribution is -2.40. The summed E-state index contributed by atoms with van der Waals surface area (Å²) in [5, 5.41) is 14.8. The van der Waals surface area contributed by atoms with Crippen LogP contribution in [0.2, 0.25) is 0 Å². The highest BCUT2D eigenvalue weighted by molar-refractivity contribution is 5.94. The van der Waals surface area contributed by atoms with Crippen LogP contribution in [-0.2, 0) is 6.42 Å². The molecule has 1 aromatic carbocycles. The van der Waals surface area contributed by atoms with Crippen molar-refractivity contribution in [3.63, 3.8) is 0 Å². The van der Waals surface area contributed by atoms with Gasteiger partial charge in [0.05, 0.1) is 6.20 Å². The Balaban J connectivity index is 1.47. The van der Waals surface area contributed by atoms with Crippen molar-refractivity contribution in [2.45, 2.75) is 26.2 Å². The topological polar surface area (TPSA) is 79.7 Å². The molecule has 134 valence electrons. The Morgan fingerprint density at radius 2 is 2.15 bits per heavy atom. The van der Waals surface area contributed by atoms with Crippen molar-refractivity contribution in [3.05, 3.63) is 59.9 Å². The fraction of sp³-hybridized carbons (Fsp3) is 0.368. The first-order valence-corrected chi connectivity index (χ1v) is 8.94. The van der Waals surface area contributed by atoms with Gasteiger partial charge >= 0.3 is 0 Å². The molecule has 0 radical (unpaired) electrons. The average Bonchev–Trinajstić information content (AvgIpc) is 3.34. The summed E-state index contributed by atoms with van der Waals surface area (Å²) in [6.07, 6.45) is 8.24. The number of aryl methyl sites for hydroxylation is 1. The van der Waals surface area contributed by atoms with E-state index in [9.17, 15) is 4.79 Å². The van der Waals surface area contributed by atoms with E-state index in [0.29, 0.717) is 11.5 Å². The number of hydrogen-bond acceptors (Lipinski definition) is 4. The van der Waals surface area contributed by atoms with Crippen molar-refractivity contribution in [2.24, 2.45) is 5.92 Å². The Morgan fingerprint density at radius 1 is 1.31 bits per heavy atom. The number of hydrogen-bond donors (Lipinski definition) is 1. The molecular formula is C19H22N6O. The lowest BCUT2D eigenvalue weighted by Gasteiger charge is -2.33. The first-order valence-electron chi connectivity index (χ1n) is 8.94. The van der Waals surface area contributed by atoms with Crippen LogP contribution in [0.3, 0.4) is 0 Å². The molecule has 1 amide bonds. The van der Waals surface area contributed by atoms with Gasteiger partial charge in [0.2, 0.25) is 0 Å². The van der Waals surface area contributed by atoms with E-state index in [1.165, 1.54) is 11.3 Å². The summed E-state index contributed by atoms with van der Waals surface area (Å²) in [6, 6.07) is 7.62. The van der Waals surface area contributed by atoms with Gasteiger partial charge in [-0.25, -0.2) is 0 Å². The van der Waals surface area contributed by atoms with Gasteiger partial charge in [0.1, 0.15) is 12.7 Å². The molecule has 7 heteroatoms. The molecule has 0 aliphatic carbocycles. The first kappa shape index (κ1) is 16.5. The largest absolute Gasteiger partial charge is 0.338 e. The van der Waals surface area contributed by atoms with Crippen LogP contribution in [0.15, 0.2) is 43.1 Å². The SMILES string of the molecule is Cc1cn[nH]c1C[C@H]1CCCN(C(=O)c2cccc(-n3cnnc3)c2)C1. The summed E-state index contributed by atoms with van der Waals surface area (Å²) in [5.74, 6) is 0.554. The molecule has 2 aromatic heterocycles. The predicted molar refractivity (Wildman–Crippen MR) is 97.0 cm³/mol. The second-order valence-corrected chi connectivity index (χ2v) is 6.91. The van der Waals surface area contributed by atoms with Gasteiger partial charge in [-0.05, 0) is 55.9 Å². The van der Waals surface area contributed by atoms with Gasteiger partial charge in [-0.1, -0.05) is 6.07 Å². The Hall–Kier alpha value is -2.96. The van der Waals surface area contributed by atoms with Crippen molar-refractivity contribution in [3.8, 4) is 5.69 Å². The van der Waals surface area contributed by atoms with Crippen molar-refractivity contribution in [1.29, 1.82) is 0 Å². The maximum Gasteiger partial charge on any atom is 0.253 e. The molecule has 7 nitrogen and oxygen atoms in total. The van der Waals surface area contributed by atoms with Crippen molar-refractivity contribution < 1.29 is 4.79 Å². The summed E-state index contributed by atoms with van der Waals surface area (Å²) < 4.78 is 1.80. The molecular weight excluding hydrogens is 328 g/mol. The minimum Gasteiger partial charge on any atom is -0.338 e. The monoisotopic (exact) mass is 350 g/mol. The maximum absolute atomic E-state index is 13.0. The van der Waals surface area contributed by atoms with Gasteiger partial charge in [0, 0.05) is 30.0 Å². The van der Waals surface area contributed by atoms with Crippen molar-refractivity contribution in [2.75, 3.05) is 13.1 Å². The van der Waals surface area contributed by atoms with Crippen LogP contribution in [0.1, 0.15) is 34.5 Å². The molecule has 3 heterocycles. The fourth-order valence-electron chi connectivity index (χ4n) is 3.60. The minimum absolute atomic E-state index is 0.0888. The molecule has 1 N–H and O–H groups in total. The molecule has 26 heavy (non-hydrogen) atoms. The zero-order chi connectivity index (χ0) is 17.9. The number of carbonyl (C=O) groups is 1. The highest BCUT2D eigenvalue weighted by Crippen LogP contribution is 2.23. The second kappa shape index (κ2) is 7.11. The third-order valence-corrected chi connectivity index (χ3v) is 5.04.